The van der Waals surface area contributed by atoms with Crippen LogP contribution in [-0.2, 0) is 9.53 Å². The minimum Gasteiger partial charge on any atom is -0.500 e. The van der Waals surface area contributed by atoms with Gasteiger partial charge in [-0.25, -0.2) is 4.79 Å². The second-order valence-corrected chi connectivity index (χ2v) is 4.17. The van der Waals surface area contributed by atoms with Crippen molar-refractivity contribution >= 4 is 28.6 Å². The molecule has 1 rings (SSSR count). The molecule has 0 aromatic heterocycles. The zero-order valence-corrected chi connectivity index (χ0v) is 11.4. The van der Waals surface area contributed by atoms with E-state index in [1.54, 1.807) is 12.1 Å². The van der Waals surface area contributed by atoms with Crippen molar-refractivity contribution < 1.29 is 24.1 Å². The van der Waals surface area contributed by atoms with E-state index in [1.807, 2.05) is 6.07 Å². The third-order valence-corrected chi connectivity index (χ3v) is 2.45. The zero-order chi connectivity index (χ0) is 12.8. The van der Waals surface area contributed by atoms with Gasteiger partial charge in [0.1, 0.15) is 6.26 Å². The van der Waals surface area contributed by atoms with Gasteiger partial charge in [-0.1, -0.05) is 0 Å². The Hall–Kier alpha value is -1.44. The number of carboxylic acid groups (broad SMARTS) is 1. The molecule has 17 heavy (non-hydrogen) atoms. The van der Waals surface area contributed by atoms with E-state index in [0.29, 0.717) is 11.5 Å². The number of carbonyl (C=O) groups is 1. The van der Waals surface area contributed by atoms with Gasteiger partial charge in [-0.3, -0.25) is 0 Å². The van der Waals surface area contributed by atoms with E-state index in [-0.39, 0.29) is 5.76 Å². The summed E-state index contributed by atoms with van der Waals surface area (Å²) in [7, 11) is 2.83. The molecule has 0 unspecified atom stereocenters. The van der Waals surface area contributed by atoms with Gasteiger partial charge in [0.15, 0.2) is 11.5 Å². The quantitative estimate of drug-likeness (QED) is 0.501. The van der Waals surface area contributed by atoms with Gasteiger partial charge >= 0.3 is 5.97 Å². The fraction of sp³-hybridized carbons (Fsp3) is 0.182. The highest BCUT2D eigenvalue weighted by Gasteiger charge is 2.14. The number of methoxy groups -OCH3 is 2. The third kappa shape index (κ3) is 3.81. The summed E-state index contributed by atoms with van der Waals surface area (Å²) in [5, 5.41) is 8.88. The molecule has 5 nitrogen and oxygen atoms in total. The van der Waals surface area contributed by atoms with Crippen LogP contribution in [0.2, 0.25) is 0 Å². The number of rotatable bonds is 5. The first-order valence-electron chi connectivity index (χ1n) is 4.56. The number of halogens is 1. The summed E-state index contributed by atoms with van der Waals surface area (Å²) in [6.07, 6.45) is 1.02. The van der Waals surface area contributed by atoms with Crippen molar-refractivity contribution in [3.05, 3.63) is 33.8 Å². The molecule has 0 atom stereocenters. The maximum atomic E-state index is 10.9. The maximum absolute atomic E-state index is 10.9. The van der Waals surface area contributed by atoms with Crippen LogP contribution in [0.25, 0.3) is 0 Å². The number of carboxylic acids is 1. The molecule has 0 fully saturated rings. The minimum absolute atomic E-state index is 0.312. The largest absolute Gasteiger partial charge is 0.500 e. The van der Waals surface area contributed by atoms with Crippen LogP contribution in [0.4, 0.5) is 0 Å². The highest BCUT2D eigenvalue weighted by Crippen LogP contribution is 2.30. The molecule has 0 radical (unpaired) electrons. The highest BCUT2D eigenvalue weighted by atomic mass is 127. The van der Waals surface area contributed by atoms with E-state index < -0.39 is 5.97 Å². The molecule has 0 saturated heterocycles. The van der Waals surface area contributed by atoms with E-state index >= 15 is 0 Å². The van der Waals surface area contributed by atoms with Gasteiger partial charge in [0.05, 0.1) is 14.2 Å². The normalized spacial score (nSPS) is 10.9. The Balaban J connectivity index is 3.04. The average molecular weight is 350 g/mol. The topological polar surface area (TPSA) is 65.0 Å². The van der Waals surface area contributed by atoms with E-state index in [0.717, 1.165) is 9.83 Å². The van der Waals surface area contributed by atoms with Crippen molar-refractivity contribution in [1.82, 2.24) is 0 Å². The molecule has 1 N–H and O–H groups in total. The van der Waals surface area contributed by atoms with Crippen molar-refractivity contribution in [3.8, 4) is 11.5 Å². The number of aliphatic carboxylic acids is 1. The molecule has 0 heterocycles. The summed E-state index contributed by atoms with van der Waals surface area (Å²) >= 11 is 2.09. The molecule has 0 aliphatic heterocycles. The number of hydrogen-bond donors (Lipinski definition) is 1. The van der Waals surface area contributed by atoms with E-state index in [2.05, 4.69) is 27.3 Å². The first-order valence-corrected chi connectivity index (χ1v) is 5.64. The molecule has 0 saturated carbocycles. The fourth-order valence-corrected chi connectivity index (χ4v) is 1.54. The Bertz CT molecular complexity index is 441. The van der Waals surface area contributed by atoms with Crippen LogP contribution >= 0.6 is 22.6 Å². The Morgan fingerprint density at radius 2 is 2.06 bits per heavy atom. The summed E-state index contributed by atoms with van der Waals surface area (Å²) in [4.78, 5) is 10.9. The van der Waals surface area contributed by atoms with Crippen molar-refractivity contribution in [2.75, 3.05) is 14.2 Å². The fourth-order valence-electron chi connectivity index (χ4n) is 1.07. The monoisotopic (exact) mass is 350 g/mol. The predicted octanol–water partition coefficient (Wildman–Crippen LogP) is 2.25. The molecule has 0 aliphatic rings. The molecule has 0 amide bonds. The lowest BCUT2D eigenvalue weighted by Gasteiger charge is -2.10. The lowest BCUT2D eigenvalue weighted by Crippen LogP contribution is -2.09. The van der Waals surface area contributed by atoms with Gasteiger partial charge in [0, 0.05) is 3.57 Å². The lowest BCUT2D eigenvalue weighted by molar-refractivity contribution is -0.135. The Kier molecular flexibility index (Phi) is 5.08. The predicted molar refractivity (Wildman–Crippen MR) is 69.1 cm³/mol. The first kappa shape index (κ1) is 13.6. The standard InChI is InChI=1S/C11H11IO5/c1-15-6-10(11(13)14)17-9-5-7(12)3-4-8(9)16-2/h3-6H,1-2H3,(H,13,14)/b10-6-. The number of hydrogen-bond acceptors (Lipinski definition) is 4. The third-order valence-electron chi connectivity index (χ3n) is 1.78. The van der Waals surface area contributed by atoms with Crippen molar-refractivity contribution in [1.29, 1.82) is 0 Å². The van der Waals surface area contributed by atoms with Crippen LogP contribution in [-0.4, -0.2) is 25.3 Å². The SMILES string of the molecule is CO/C=C(\Oc1cc(I)ccc1OC)C(=O)O. The Morgan fingerprint density at radius 1 is 1.35 bits per heavy atom. The lowest BCUT2D eigenvalue weighted by atomic mass is 10.3. The van der Waals surface area contributed by atoms with Crippen LogP contribution < -0.4 is 9.47 Å². The van der Waals surface area contributed by atoms with E-state index in [1.165, 1.54) is 14.2 Å². The maximum Gasteiger partial charge on any atom is 0.375 e. The van der Waals surface area contributed by atoms with Crippen LogP contribution in [0.15, 0.2) is 30.2 Å². The first-order chi connectivity index (χ1) is 8.08. The van der Waals surface area contributed by atoms with Gasteiger partial charge in [0.2, 0.25) is 5.76 Å². The number of benzene rings is 1. The smallest absolute Gasteiger partial charge is 0.375 e. The van der Waals surface area contributed by atoms with Gasteiger partial charge in [-0.15, -0.1) is 0 Å². The van der Waals surface area contributed by atoms with Gasteiger partial charge < -0.3 is 19.3 Å². The molecule has 0 spiro atoms. The summed E-state index contributed by atoms with van der Waals surface area (Å²) in [5.41, 5.74) is 0. The average Bonchev–Trinajstić information content (AvgIpc) is 2.28. The second kappa shape index (κ2) is 6.33. The highest BCUT2D eigenvalue weighted by molar-refractivity contribution is 14.1. The van der Waals surface area contributed by atoms with E-state index in [4.69, 9.17) is 14.6 Å². The molecule has 0 bridgehead atoms. The summed E-state index contributed by atoms with van der Waals surface area (Å²) in [5.74, 6) is -0.751. The zero-order valence-electron chi connectivity index (χ0n) is 9.27. The van der Waals surface area contributed by atoms with Crippen LogP contribution in [0.5, 0.6) is 11.5 Å². The van der Waals surface area contributed by atoms with Crippen molar-refractivity contribution in [3.63, 3.8) is 0 Å². The van der Waals surface area contributed by atoms with Crippen LogP contribution in [0.1, 0.15) is 0 Å². The molecule has 0 aliphatic carbocycles. The van der Waals surface area contributed by atoms with Crippen LogP contribution in [0, 0.1) is 3.57 Å². The number of ether oxygens (including phenoxy) is 3. The molecular formula is C11H11IO5. The molecule has 92 valence electrons. The Labute approximate surface area is 112 Å². The Morgan fingerprint density at radius 3 is 2.59 bits per heavy atom. The molecule has 1 aromatic carbocycles. The van der Waals surface area contributed by atoms with Gasteiger partial charge in [0.25, 0.3) is 0 Å². The summed E-state index contributed by atoms with van der Waals surface area (Å²) < 4.78 is 15.8. The molecule has 6 heteroatoms. The summed E-state index contributed by atoms with van der Waals surface area (Å²) in [6, 6.07) is 5.20. The van der Waals surface area contributed by atoms with Gasteiger partial charge in [-0.2, -0.15) is 0 Å². The minimum atomic E-state index is -1.22. The second-order valence-electron chi connectivity index (χ2n) is 2.92. The van der Waals surface area contributed by atoms with E-state index in [9.17, 15) is 4.79 Å². The van der Waals surface area contributed by atoms with Gasteiger partial charge in [-0.05, 0) is 40.8 Å². The van der Waals surface area contributed by atoms with Crippen molar-refractivity contribution in [2.24, 2.45) is 0 Å². The summed E-state index contributed by atoms with van der Waals surface area (Å²) in [6.45, 7) is 0. The van der Waals surface area contributed by atoms with Crippen LogP contribution in [0.3, 0.4) is 0 Å². The molecular weight excluding hydrogens is 339 g/mol. The van der Waals surface area contributed by atoms with Crippen molar-refractivity contribution in [2.45, 2.75) is 0 Å². The molecule has 1 aromatic rings.